The lowest BCUT2D eigenvalue weighted by Gasteiger charge is -2.13. The van der Waals surface area contributed by atoms with Crippen molar-refractivity contribution in [3.63, 3.8) is 0 Å². The highest BCUT2D eigenvalue weighted by molar-refractivity contribution is 7.86. The molecule has 0 fully saturated rings. The van der Waals surface area contributed by atoms with Crippen LogP contribution in [0.15, 0.2) is 54.7 Å². The predicted octanol–water partition coefficient (Wildman–Crippen LogP) is 2.98. The van der Waals surface area contributed by atoms with Gasteiger partial charge in [-0.05, 0) is 24.6 Å². The minimum Gasteiger partial charge on any atom is -0.473 e. The minimum absolute atomic E-state index is 0.419. The van der Waals surface area contributed by atoms with Gasteiger partial charge in [-0.15, -0.1) is 0 Å². The SMILES string of the molecule is CC(Cn1ccc2nc(OCc3ccccc3)ccc21)OS(C)(=O)=O. The molecule has 2 heterocycles. The van der Waals surface area contributed by atoms with Crippen LogP contribution in [0.2, 0.25) is 0 Å². The third-order valence-electron chi connectivity index (χ3n) is 3.62. The molecule has 2 aromatic heterocycles. The molecule has 0 radical (unpaired) electrons. The van der Waals surface area contributed by atoms with E-state index >= 15 is 0 Å². The maximum atomic E-state index is 11.2. The van der Waals surface area contributed by atoms with Crippen molar-refractivity contribution in [2.24, 2.45) is 0 Å². The third kappa shape index (κ3) is 4.80. The quantitative estimate of drug-likeness (QED) is 0.606. The summed E-state index contributed by atoms with van der Waals surface area (Å²) in [5, 5.41) is 0. The second kappa shape index (κ2) is 7.25. The number of hydrogen-bond donors (Lipinski definition) is 0. The van der Waals surface area contributed by atoms with Gasteiger partial charge in [0.15, 0.2) is 0 Å². The van der Waals surface area contributed by atoms with E-state index in [4.69, 9.17) is 8.92 Å². The summed E-state index contributed by atoms with van der Waals surface area (Å²) >= 11 is 0. The fraction of sp³-hybridized carbons (Fsp3) is 0.278. The first kappa shape index (κ1) is 17.4. The monoisotopic (exact) mass is 360 g/mol. The summed E-state index contributed by atoms with van der Waals surface area (Å²) in [5.41, 5.74) is 2.77. The number of hydrogen-bond acceptors (Lipinski definition) is 5. The minimum atomic E-state index is -3.47. The Morgan fingerprint density at radius 2 is 1.88 bits per heavy atom. The fourth-order valence-electron chi connectivity index (χ4n) is 2.63. The molecule has 0 spiro atoms. The Balaban J connectivity index is 1.70. The molecular formula is C18H20N2O4S. The van der Waals surface area contributed by atoms with Gasteiger partial charge in [0.1, 0.15) is 6.61 Å². The number of nitrogens with zero attached hydrogens (tertiary/aromatic N) is 2. The molecule has 0 aliphatic carbocycles. The molecule has 0 saturated heterocycles. The van der Waals surface area contributed by atoms with Crippen LogP contribution in [0.5, 0.6) is 5.88 Å². The van der Waals surface area contributed by atoms with E-state index in [1.165, 1.54) is 0 Å². The van der Waals surface area contributed by atoms with Gasteiger partial charge in [0.2, 0.25) is 5.88 Å². The summed E-state index contributed by atoms with van der Waals surface area (Å²) in [4.78, 5) is 4.49. The van der Waals surface area contributed by atoms with Gasteiger partial charge in [0, 0.05) is 12.3 Å². The normalized spacial score (nSPS) is 13.0. The number of rotatable bonds is 7. The first-order valence-corrected chi connectivity index (χ1v) is 9.73. The van der Waals surface area contributed by atoms with Gasteiger partial charge in [-0.1, -0.05) is 30.3 Å². The van der Waals surface area contributed by atoms with Crippen molar-refractivity contribution in [2.45, 2.75) is 26.2 Å². The highest BCUT2D eigenvalue weighted by atomic mass is 32.2. The van der Waals surface area contributed by atoms with Gasteiger partial charge in [-0.3, -0.25) is 4.18 Å². The van der Waals surface area contributed by atoms with Crippen molar-refractivity contribution in [2.75, 3.05) is 6.26 Å². The zero-order chi connectivity index (χ0) is 17.9. The van der Waals surface area contributed by atoms with E-state index in [0.29, 0.717) is 19.0 Å². The largest absolute Gasteiger partial charge is 0.473 e. The molecule has 1 unspecified atom stereocenters. The second-order valence-corrected chi connectivity index (χ2v) is 7.51. The summed E-state index contributed by atoms with van der Waals surface area (Å²) < 4.78 is 35.0. The first-order valence-electron chi connectivity index (χ1n) is 7.91. The van der Waals surface area contributed by atoms with Crippen molar-refractivity contribution in [3.05, 3.63) is 60.3 Å². The van der Waals surface area contributed by atoms with Crippen LogP contribution < -0.4 is 4.74 Å². The van der Waals surface area contributed by atoms with Crippen LogP contribution >= 0.6 is 0 Å². The van der Waals surface area contributed by atoms with Crippen LogP contribution in [-0.2, 0) is 27.5 Å². The topological polar surface area (TPSA) is 70.4 Å². The molecule has 132 valence electrons. The lowest BCUT2D eigenvalue weighted by atomic mass is 10.2. The van der Waals surface area contributed by atoms with Crippen molar-refractivity contribution in [1.29, 1.82) is 0 Å². The molecular weight excluding hydrogens is 340 g/mol. The molecule has 1 aromatic carbocycles. The van der Waals surface area contributed by atoms with Gasteiger partial charge in [0.05, 0.1) is 29.9 Å². The number of aromatic nitrogens is 2. The van der Waals surface area contributed by atoms with E-state index in [1.54, 1.807) is 6.92 Å². The second-order valence-electron chi connectivity index (χ2n) is 5.91. The summed E-state index contributed by atoms with van der Waals surface area (Å²) in [5.74, 6) is 0.550. The smallest absolute Gasteiger partial charge is 0.264 e. The average molecular weight is 360 g/mol. The van der Waals surface area contributed by atoms with Crippen LogP contribution in [0.3, 0.4) is 0 Å². The first-order chi connectivity index (χ1) is 11.9. The lowest BCUT2D eigenvalue weighted by molar-refractivity contribution is 0.211. The molecule has 0 bridgehead atoms. The number of benzene rings is 1. The predicted molar refractivity (Wildman–Crippen MR) is 95.9 cm³/mol. The molecule has 6 nitrogen and oxygen atoms in total. The van der Waals surface area contributed by atoms with Gasteiger partial charge in [-0.25, -0.2) is 4.98 Å². The average Bonchev–Trinajstić information content (AvgIpc) is 2.94. The zero-order valence-electron chi connectivity index (χ0n) is 14.1. The molecule has 0 aliphatic heterocycles. The summed E-state index contributed by atoms with van der Waals surface area (Å²) in [6, 6.07) is 15.5. The highest BCUT2D eigenvalue weighted by Gasteiger charge is 2.13. The van der Waals surface area contributed by atoms with E-state index in [1.807, 2.05) is 59.3 Å². The fourth-order valence-corrected chi connectivity index (χ4v) is 3.29. The van der Waals surface area contributed by atoms with Crippen molar-refractivity contribution in [1.82, 2.24) is 9.55 Å². The van der Waals surface area contributed by atoms with Crippen molar-refractivity contribution in [3.8, 4) is 5.88 Å². The molecule has 3 rings (SSSR count). The molecule has 0 amide bonds. The van der Waals surface area contributed by atoms with E-state index in [0.717, 1.165) is 22.9 Å². The van der Waals surface area contributed by atoms with Crippen molar-refractivity contribution >= 4 is 21.2 Å². The Labute approximate surface area is 147 Å². The van der Waals surface area contributed by atoms with Gasteiger partial charge in [0.25, 0.3) is 10.1 Å². The van der Waals surface area contributed by atoms with Crippen LogP contribution in [0.25, 0.3) is 11.0 Å². The highest BCUT2D eigenvalue weighted by Crippen LogP contribution is 2.19. The lowest BCUT2D eigenvalue weighted by Crippen LogP contribution is -2.19. The van der Waals surface area contributed by atoms with E-state index in [9.17, 15) is 8.42 Å². The van der Waals surface area contributed by atoms with Gasteiger partial charge >= 0.3 is 0 Å². The van der Waals surface area contributed by atoms with E-state index in [-0.39, 0.29) is 0 Å². The summed E-state index contributed by atoms with van der Waals surface area (Å²) in [6.45, 7) is 2.60. The summed E-state index contributed by atoms with van der Waals surface area (Å²) in [7, 11) is -3.47. The molecule has 0 N–H and O–H groups in total. The van der Waals surface area contributed by atoms with Crippen LogP contribution in [-0.4, -0.2) is 30.3 Å². The molecule has 0 saturated carbocycles. The Morgan fingerprint density at radius 1 is 1.12 bits per heavy atom. The molecule has 3 aromatic rings. The van der Waals surface area contributed by atoms with E-state index < -0.39 is 16.2 Å². The Bertz CT molecular complexity index is 952. The molecule has 1 atom stereocenters. The standard InChI is InChI=1S/C18H20N2O4S/c1-14(24-25(2,21)22)12-20-11-10-16-17(20)8-9-18(19-16)23-13-15-6-4-3-5-7-15/h3-11,14H,12-13H2,1-2H3. The van der Waals surface area contributed by atoms with Crippen LogP contribution in [0, 0.1) is 0 Å². The molecule has 25 heavy (non-hydrogen) atoms. The van der Waals surface area contributed by atoms with E-state index in [2.05, 4.69) is 4.98 Å². The van der Waals surface area contributed by atoms with Crippen LogP contribution in [0.4, 0.5) is 0 Å². The third-order valence-corrected chi connectivity index (χ3v) is 4.30. The van der Waals surface area contributed by atoms with Gasteiger partial charge < -0.3 is 9.30 Å². The Hall–Kier alpha value is -2.38. The number of fused-ring (bicyclic) bond motifs is 1. The number of ether oxygens (including phenoxy) is 1. The summed E-state index contributed by atoms with van der Waals surface area (Å²) in [6.07, 6.45) is 2.45. The zero-order valence-corrected chi connectivity index (χ0v) is 14.9. The number of pyridine rings is 1. The molecule has 0 aliphatic rings. The Morgan fingerprint density at radius 3 is 2.60 bits per heavy atom. The van der Waals surface area contributed by atoms with Crippen LogP contribution in [0.1, 0.15) is 12.5 Å². The van der Waals surface area contributed by atoms with Crippen molar-refractivity contribution < 1.29 is 17.3 Å². The van der Waals surface area contributed by atoms with Gasteiger partial charge in [-0.2, -0.15) is 8.42 Å². The Kier molecular flexibility index (Phi) is 5.06. The maximum absolute atomic E-state index is 11.2. The molecule has 7 heteroatoms. The maximum Gasteiger partial charge on any atom is 0.264 e.